The Hall–Kier alpha value is -0.960. The monoisotopic (exact) mass is 263 g/mol. The topological polar surface area (TPSA) is 29.1 Å². The van der Waals surface area contributed by atoms with Gasteiger partial charge in [-0.25, -0.2) is 0 Å². The second-order valence-electron chi connectivity index (χ2n) is 6.22. The molecule has 1 aromatic carbocycles. The Bertz CT molecular complexity index is 465. The van der Waals surface area contributed by atoms with Gasteiger partial charge in [0.25, 0.3) is 5.91 Å². The van der Waals surface area contributed by atoms with Crippen LogP contribution in [-0.4, -0.2) is 12.5 Å². The minimum absolute atomic E-state index is 0.0286. The summed E-state index contributed by atoms with van der Waals surface area (Å²) in [5.74, 6) is 0.514. The Labute approximate surface area is 115 Å². The highest BCUT2D eigenvalue weighted by Crippen LogP contribution is 2.67. The van der Waals surface area contributed by atoms with Crippen LogP contribution in [0, 0.1) is 16.7 Å². The van der Waals surface area contributed by atoms with Gasteiger partial charge in [-0.15, -0.1) is 12.6 Å². The molecule has 1 amide bonds. The van der Waals surface area contributed by atoms with Crippen LogP contribution in [0.15, 0.2) is 29.2 Å². The summed E-state index contributed by atoms with van der Waals surface area (Å²) in [5.41, 5.74) is 1.26. The van der Waals surface area contributed by atoms with Crippen LogP contribution in [0.3, 0.4) is 0 Å². The third kappa shape index (κ3) is 2.05. The lowest BCUT2D eigenvalue weighted by Crippen LogP contribution is -2.27. The van der Waals surface area contributed by atoms with Crippen molar-refractivity contribution in [2.45, 2.75) is 32.6 Å². The first kappa shape index (κ1) is 13.5. The van der Waals surface area contributed by atoms with E-state index < -0.39 is 0 Å². The lowest BCUT2D eigenvalue weighted by atomic mass is 10.0. The van der Waals surface area contributed by atoms with Crippen LogP contribution in [0.25, 0.3) is 0 Å². The molecule has 0 spiro atoms. The fourth-order valence-electron chi connectivity index (χ4n) is 2.80. The molecule has 0 bridgehead atoms. The Morgan fingerprint density at radius 1 is 1.22 bits per heavy atom. The van der Waals surface area contributed by atoms with E-state index in [4.69, 9.17) is 0 Å². The van der Waals surface area contributed by atoms with Gasteiger partial charge in [-0.05, 0) is 28.9 Å². The zero-order valence-electron chi connectivity index (χ0n) is 11.4. The quantitative estimate of drug-likeness (QED) is 0.804. The van der Waals surface area contributed by atoms with E-state index in [1.54, 1.807) is 6.07 Å². The summed E-state index contributed by atoms with van der Waals surface area (Å²) in [4.78, 5) is 12.8. The SMILES string of the molecule is CC1(C)C(CNC(=O)c2ccccc2S)C1(C)C. The molecule has 0 aliphatic heterocycles. The molecular weight excluding hydrogens is 242 g/mol. The number of rotatable bonds is 3. The Kier molecular flexibility index (Phi) is 3.22. The van der Waals surface area contributed by atoms with Crippen LogP contribution in [-0.2, 0) is 0 Å². The second kappa shape index (κ2) is 4.30. The van der Waals surface area contributed by atoms with E-state index in [1.165, 1.54) is 0 Å². The average Bonchev–Trinajstić information content (AvgIpc) is 2.67. The standard InChI is InChI=1S/C15H21NOS/c1-14(2)12(15(14,3)4)9-16-13(17)10-7-5-6-8-11(10)18/h5-8,12,18H,9H2,1-4H3,(H,16,17). The molecule has 0 atom stereocenters. The van der Waals surface area contributed by atoms with E-state index in [1.807, 2.05) is 18.2 Å². The number of hydrogen-bond donors (Lipinski definition) is 2. The summed E-state index contributed by atoms with van der Waals surface area (Å²) < 4.78 is 0. The van der Waals surface area contributed by atoms with E-state index in [0.717, 1.165) is 11.4 Å². The maximum Gasteiger partial charge on any atom is 0.252 e. The van der Waals surface area contributed by atoms with Gasteiger partial charge in [-0.2, -0.15) is 0 Å². The summed E-state index contributed by atoms with van der Waals surface area (Å²) >= 11 is 4.30. The van der Waals surface area contributed by atoms with E-state index in [-0.39, 0.29) is 5.91 Å². The molecule has 0 radical (unpaired) electrons. The van der Waals surface area contributed by atoms with Gasteiger partial charge in [0.05, 0.1) is 5.56 Å². The Balaban J connectivity index is 1.97. The van der Waals surface area contributed by atoms with Gasteiger partial charge in [0, 0.05) is 11.4 Å². The molecule has 0 aromatic heterocycles. The third-order valence-electron chi connectivity index (χ3n) is 4.94. The van der Waals surface area contributed by atoms with Crippen molar-refractivity contribution >= 4 is 18.5 Å². The third-order valence-corrected chi connectivity index (χ3v) is 5.33. The zero-order chi connectivity index (χ0) is 13.6. The summed E-state index contributed by atoms with van der Waals surface area (Å²) in [6.45, 7) is 9.78. The molecule has 1 fully saturated rings. The minimum Gasteiger partial charge on any atom is -0.352 e. The van der Waals surface area contributed by atoms with Crippen LogP contribution >= 0.6 is 12.6 Å². The lowest BCUT2D eigenvalue weighted by Gasteiger charge is -2.08. The molecule has 1 saturated carbocycles. The van der Waals surface area contributed by atoms with Crippen molar-refractivity contribution in [1.29, 1.82) is 0 Å². The van der Waals surface area contributed by atoms with Crippen molar-refractivity contribution in [1.82, 2.24) is 5.32 Å². The van der Waals surface area contributed by atoms with Gasteiger partial charge < -0.3 is 5.32 Å². The molecule has 2 nitrogen and oxygen atoms in total. The molecule has 3 heteroatoms. The first-order valence-corrected chi connectivity index (χ1v) is 6.79. The maximum atomic E-state index is 12.1. The Morgan fingerprint density at radius 2 is 1.78 bits per heavy atom. The summed E-state index contributed by atoms with van der Waals surface area (Å²) in [6, 6.07) is 7.38. The number of nitrogens with one attached hydrogen (secondary N) is 1. The van der Waals surface area contributed by atoms with Crippen LogP contribution in [0.2, 0.25) is 0 Å². The number of benzene rings is 1. The molecule has 0 unspecified atom stereocenters. The van der Waals surface area contributed by atoms with Gasteiger partial charge in [0.15, 0.2) is 0 Å². The first-order chi connectivity index (χ1) is 8.28. The van der Waals surface area contributed by atoms with E-state index in [0.29, 0.717) is 22.3 Å². The lowest BCUT2D eigenvalue weighted by molar-refractivity contribution is 0.0947. The van der Waals surface area contributed by atoms with Crippen molar-refractivity contribution in [2.75, 3.05) is 6.54 Å². The maximum absolute atomic E-state index is 12.1. The number of carbonyl (C=O) groups excluding carboxylic acids is 1. The number of hydrogen-bond acceptors (Lipinski definition) is 2. The number of thiol groups is 1. The number of carbonyl (C=O) groups is 1. The van der Waals surface area contributed by atoms with Gasteiger partial charge in [0.1, 0.15) is 0 Å². The Morgan fingerprint density at radius 3 is 2.28 bits per heavy atom. The van der Waals surface area contributed by atoms with Gasteiger partial charge >= 0.3 is 0 Å². The van der Waals surface area contributed by atoms with Crippen molar-refractivity contribution < 1.29 is 4.79 Å². The normalized spacial score (nSPS) is 20.5. The van der Waals surface area contributed by atoms with E-state index in [9.17, 15) is 4.79 Å². The summed E-state index contributed by atoms with van der Waals surface area (Å²) in [7, 11) is 0. The predicted molar refractivity (Wildman–Crippen MR) is 77.1 cm³/mol. The highest BCUT2D eigenvalue weighted by molar-refractivity contribution is 7.80. The van der Waals surface area contributed by atoms with Crippen LogP contribution in [0.4, 0.5) is 0 Å². The molecule has 2 rings (SSSR count). The van der Waals surface area contributed by atoms with Crippen molar-refractivity contribution in [2.24, 2.45) is 16.7 Å². The van der Waals surface area contributed by atoms with Crippen LogP contribution in [0.1, 0.15) is 38.1 Å². The molecule has 0 heterocycles. The van der Waals surface area contributed by atoms with Crippen molar-refractivity contribution in [3.8, 4) is 0 Å². The van der Waals surface area contributed by atoms with Gasteiger partial charge in [0.2, 0.25) is 0 Å². The number of amides is 1. The predicted octanol–water partition coefficient (Wildman–Crippen LogP) is 3.39. The molecule has 0 saturated heterocycles. The van der Waals surface area contributed by atoms with Crippen LogP contribution in [0.5, 0.6) is 0 Å². The highest BCUT2D eigenvalue weighted by Gasteiger charge is 2.64. The van der Waals surface area contributed by atoms with E-state index >= 15 is 0 Å². The fourth-order valence-corrected chi connectivity index (χ4v) is 3.06. The molecule has 18 heavy (non-hydrogen) atoms. The summed E-state index contributed by atoms with van der Waals surface area (Å²) in [5, 5.41) is 3.03. The molecule has 98 valence electrons. The zero-order valence-corrected chi connectivity index (χ0v) is 12.3. The van der Waals surface area contributed by atoms with Crippen molar-refractivity contribution in [3.63, 3.8) is 0 Å². The van der Waals surface area contributed by atoms with Gasteiger partial charge in [-0.3, -0.25) is 4.79 Å². The molecule has 1 N–H and O–H groups in total. The van der Waals surface area contributed by atoms with Gasteiger partial charge in [-0.1, -0.05) is 39.8 Å². The molecular formula is C15H21NOS. The molecule has 1 aliphatic rings. The molecule has 1 aromatic rings. The molecule has 1 aliphatic carbocycles. The summed E-state index contributed by atoms with van der Waals surface area (Å²) in [6.07, 6.45) is 0. The smallest absolute Gasteiger partial charge is 0.252 e. The minimum atomic E-state index is -0.0286. The average molecular weight is 263 g/mol. The second-order valence-corrected chi connectivity index (χ2v) is 6.70. The van der Waals surface area contributed by atoms with E-state index in [2.05, 4.69) is 45.6 Å². The largest absolute Gasteiger partial charge is 0.352 e. The van der Waals surface area contributed by atoms with Crippen LogP contribution < -0.4 is 5.32 Å². The fraction of sp³-hybridized carbons (Fsp3) is 0.533. The van der Waals surface area contributed by atoms with Crippen molar-refractivity contribution in [3.05, 3.63) is 29.8 Å². The highest BCUT2D eigenvalue weighted by atomic mass is 32.1. The first-order valence-electron chi connectivity index (χ1n) is 6.34.